The fourth-order valence-electron chi connectivity index (χ4n) is 4.24. The Morgan fingerprint density at radius 1 is 0.743 bits per heavy atom. The van der Waals surface area contributed by atoms with Gasteiger partial charge in [-0.05, 0) is 78.7 Å². The van der Waals surface area contributed by atoms with Crippen LogP contribution < -0.4 is 15.5 Å². The van der Waals surface area contributed by atoms with Crippen LogP contribution in [0.3, 0.4) is 0 Å². The smallest absolute Gasteiger partial charge is 0.241 e. The number of benzene rings is 4. The highest BCUT2D eigenvalue weighted by Gasteiger charge is 2.25. The van der Waals surface area contributed by atoms with Crippen molar-refractivity contribution in [1.82, 2.24) is 0 Å². The number of para-hydroxylation sites is 3. The summed E-state index contributed by atoms with van der Waals surface area (Å²) < 4.78 is 0. The van der Waals surface area contributed by atoms with Gasteiger partial charge in [0.25, 0.3) is 0 Å². The standard InChI is InChI=1S/C29H25N3OS2/c33-28(32-26-15-6-4-9-21(26)17-18-22-10-5-7-16-27(22)32)20-35-25-14-8-13-24(19-25)31-29(34)30-23-11-2-1-3-12-23/h1-16,19H,17-18,20H2,(H2,30,31,34). The summed E-state index contributed by atoms with van der Waals surface area (Å²) in [6, 6.07) is 34.2. The molecule has 0 spiro atoms. The highest BCUT2D eigenvalue weighted by Crippen LogP contribution is 2.37. The van der Waals surface area contributed by atoms with Crippen molar-refractivity contribution < 1.29 is 4.79 Å². The lowest BCUT2D eigenvalue weighted by atomic mass is 10.0. The summed E-state index contributed by atoms with van der Waals surface area (Å²) in [5.74, 6) is 0.398. The first-order chi connectivity index (χ1) is 17.2. The van der Waals surface area contributed by atoms with Crippen LogP contribution in [0.1, 0.15) is 11.1 Å². The molecule has 4 nitrogen and oxygen atoms in total. The molecule has 1 aliphatic rings. The molecule has 0 unspecified atom stereocenters. The van der Waals surface area contributed by atoms with Gasteiger partial charge < -0.3 is 10.6 Å². The van der Waals surface area contributed by atoms with Crippen molar-refractivity contribution in [2.24, 2.45) is 0 Å². The monoisotopic (exact) mass is 495 g/mol. The van der Waals surface area contributed by atoms with E-state index in [0.717, 1.165) is 40.5 Å². The van der Waals surface area contributed by atoms with E-state index in [2.05, 4.69) is 22.8 Å². The summed E-state index contributed by atoms with van der Waals surface area (Å²) in [5, 5.41) is 6.93. The Labute approximate surface area is 215 Å². The number of hydrogen-bond donors (Lipinski definition) is 2. The lowest BCUT2D eigenvalue weighted by Crippen LogP contribution is -2.28. The molecule has 4 aromatic carbocycles. The van der Waals surface area contributed by atoms with E-state index >= 15 is 0 Å². The zero-order valence-corrected chi connectivity index (χ0v) is 20.7. The number of aryl methyl sites for hydroxylation is 2. The number of rotatable bonds is 5. The minimum Gasteiger partial charge on any atom is -0.332 e. The average Bonchev–Trinajstić information content (AvgIpc) is 3.05. The number of fused-ring (bicyclic) bond motifs is 2. The number of nitrogens with zero attached hydrogens (tertiary/aromatic N) is 1. The van der Waals surface area contributed by atoms with Crippen LogP contribution in [0.4, 0.5) is 22.7 Å². The summed E-state index contributed by atoms with van der Waals surface area (Å²) in [7, 11) is 0. The molecule has 2 N–H and O–H groups in total. The van der Waals surface area contributed by atoms with Crippen LogP contribution in [0.2, 0.25) is 0 Å². The van der Waals surface area contributed by atoms with Crippen molar-refractivity contribution in [2.75, 3.05) is 21.3 Å². The van der Waals surface area contributed by atoms with Crippen molar-refractivity contribution in [2.45, 2.75) is 17.7 Å². The predicted octanol–water partition coefficient (Wildman–Crippen LogP) is 7.05. The van der Waals surface area contributed by atoms with Crippen molar-refractivity contribution in [3.05, 3.63) is 114 Å². The van der Waals surface area contributed by atoms with E-state index in [-0.39, 0.29) is 5.91 Å². The highest BCUT2D eigenvalue weighted by atomic mass is 32.2. The highest BCUT2D eigenvalue weighted by molar-refractivity contribution is 8.00. The van der Waals surface area contributed by atoms with Crippen LogP contribution >= 0.6 is 24.0 Å². The minimum absolute atomic E-state index is 0.0661. The van der Waals surface area contributed by atoms with Gasteiger partial charge in [-0.15, -0.1) is 11.8 Å². The van der Waals surface area contributed by atoms with E-state index in [4.69, 9.17) is 12.2 Å². The molecule has 0 bridgehead atoms. The number of anilines is 4. The van der Waals surface area contributed by atoms with Gasteiger partial charge in [0.05, 0.1) is 17.1 Å². The van der Waals surface area contributed by atoms with E-state index < -0.39 is 0 Å². The molecular formula is C29H25N3OS2. The summed E-state index contributed by atoms with van der Waals surface area (Å²) in [6.45, 7) is 0. The van der Waals surface area contributed by atoms with E-state index in [9.17, 15) is 4.79 Å². The van der Waals surface area contributed by atoms with E-state index in [1.54, 1.807) is 0 Å². The lowest BCUT2D eigenvalue weighted by molar-refractivity contribution is -0.115. The third kappa shape index (κ3) is 5.56. The fraction of sp³-hybridized carbons (Fsp3) is 0.103. The number of carbonyl (C=O) groups excluding carboxylic acids is 1. The van der Waals surface area contributed by atoms with Crippen LogP contribution in [-0.2, 0) is 17.6 Å². The maximum atomic E-state index is 13.6. The molecule has 1 aliphatic heterocycles. The van der Waals surface area contributed by atoms with E-state index in [1.165, 1.54) is 22.9 Å². The second kappa shape index (κ2) is 10.8. The Balaban J connectivity index is 1.29. The topological polar surface area (TPSA) is 44.4 Å². The summed E-state index contributed by atoms with van der Waals surface area (Å²) in [5.41, 5.74) is 6.17. The Hall–Kier alpha value is -3.61. The van der Waals surface area contributed by atoms with Gasteiger partial charge in [-0.2, -0.15) is 0 Å². The number of amides is 1. The number of nitrogens with one attached hydrogen (secondary N) is 2. The first-order valence-corrected chi connectivity index (χ1v) is 12.9. The molecule has 0 aliphatic carbocycles. The Morgan fingerprint density at radius 3 is 2.00 bits per heavy atom. The normalized spacial score (nSPS) is 12.2. The zero-order valence-electron chi connectivity index (χ0n) is 19.1. The molecule has 1 amide bonds. The van der Waals surface area contributed by atoms with Crippen molar-refractivity contribution in [3.63, 3.8) is 0 Å². The summed E-state index contributed by atoms with van der Waals surface area (Å²) in [6.07, 6.45) is 1.85. The minimum atomic E-state index is 0.0661. The van der Waals surface area contributed by atoms with Gasteiger partial charge in [0.2, 0.25) is 5.91 Å². The molecule has 1 heterocycles. The number of thiocarbonyl (C=S) groups is 1. The molecule has 0 aromatic heterocycles. The quantitative estimate of drug-likeness (QED) is 0.229. The molecule has 5 rings (SSSR count). The Morgan fingerprint density at radius 2 is 1.31 bits per heavy atom. The first kappa shape index (κ1) is 23.1. The molecule has 0 saturated heterocycles. The van der Waals surface area contributed by atoms with E-state index in [0.29, 0.717) is 10.9 Å². The van der Waals surface area contributed by atoms with Crippen molar-refractivity contribution in [1.29, 1.82) is 0 Å². The fourth-order valence-corrected chi connectivity index (χ4v) is 5.28. The van der Waals surface area contributed by atoms with Gasteiger partial charge in [-0.3, -0.25) is 9.69 Å². The average molecular weight is 496 g/mol. The van der Waals surface area contributed by atoms with E-state index in [1.807, 2.05) is 95.9 Å². The van der Waals surface area contributed by atoms with Crippen LogP contribution in [0, 0.1) is 0 Å². The third-order valence-electron chi connectivity index (χ3n) is 5.86. The second-order valence-corrected chi connectivity index (χ2v) is 9.71. The van der Waals surface area contributed by atoms with Crippen LogP contribution in [0.5, 0.6) is 0 Å². The molecule has 0 radical (unpaired) electrons. The molecule has 174 valence electrons. The van der Waals surface area contributed by atoms with Crippen LogP contribution in [0.25, 0.3) is 0 Å². The molecule has 0 fully saturated rings. The molecule has 0 saturated carbocycles. The molecular weight excluding hydrogens is 470 g/mol. The SMILES string of the molecule is O=C(CSc1cccc(NC(=S)Nc2ccccc2)c1)N1c2ccccc2CCc2ccccc21. The van der Waals surface area contributed by atoms with Crippen molar-refractivity contribution >= 4 is 57.7 Å². The molecule has 4 aromatic rings. The predicted molar refractivity (Wildman–Crippen MR) is 151 cm³/mol. The lowest BCUT2D eigenvalue weighted by Gasteiger charge is -2.25. The summed E-state index contributed by atoms with van der Waals surface area (Å²) >= 11 is 6.98. The van der Waals surface area contributed by atoms with Gasteiger partial charge in [-0.1, -0.05) is 60.7 Å². The van der Waals surface area contributed by atoms with Crippen LogP contribution in [-0.4, -0.2) is 16.8 Å². The number of thioether (sulfide) groups is 1. The Kier molecular flexibility index (Phi) is 7.12. The number of carbonyl (C=O) groups is 1. The molecule has 6 heteroatoms. The van der Waals surface area contributed by atoms with Gasteiger partial charge in [0.1, 0.15) is 0 Å². The van der Waals surface area contributed by atoms with Gasteiger partial charge >= 0.3 is 0 Å². The maximum Gasteiger partial charge on any atom is 0.241 e. The van der Waals surface area contributed by atoms with Gasteiger partial charge in [-0.25, -0.2) is 0 Å². The van der Waals surface area contributed by atoms with Crippen molar-refractivity contribution in [3.8, 4) is 0 Å². The van der Waals surface area contributed by atoms with Gasteiger partial charge in [0.15, 0.2) is 5.11 Å². The molecule has 0 atom stereocenters. The molecule has 35 heavy (non-hydrogen) atoms. The largest absolute Gasteiger partial charge is 0.332 e. The first-order valence-electron chi connectivity index (χ1n) is 11.5. The third-order valence-corrected chi connectivity index (χ3v) is 7.05. The Bertz CT molecular complexity index is 1310. The van der Waals surface area contributed by atoms with Gasteiger partial charge in [0, 0.05) is 16.3 Å². The summed E-state index contributed by atoms with van der Waals surface area (Å²) in [4.78, 5) is 16.5. The number of hydrogen-bond acceptors (Lipinski definition) is 3. The second-order valence-electron chi connectivity index (χ2n) is 8.25. The van der Waals surface area contributed by atoms with Crippen LogP contribution in [0.15, 0.2) is 108 Å². The maximum absolute atomic E-state index is 13.6. The zero-order chi connectivity index (χ0) is 24.0.